The smallest absolute Gasteiger partial charge is 0.368 e. The van der Waals surface area contributed by atoms with Gasteiger partial charge in [0, 0.05) is 25.6 Å². The number of hydrogen-bond acceptors (Lipinski definition) is 5. The fourth-order valence-corrected chi connectivity index (χ4v) is 2.66. The summed E-state index contributed by atoms with van der Waals surface area (Å²) in [5, 5.41) is 3.38. The highest BCUT2D eigenvalue weighted by molar-refractivity contribution is 5.81. The number of halogens is 3. The molecule has 0 aliphatic carbocycles. The fourth-order valence-electron chi connectivity index (χ4n) is 2.66. The zero-order valence-corrected chi connectivity index (χ0v) is 11.1. The summed E-state index contributed by atoms with van der Waals surface area (Å²) in [4.78, 5) is 17.1. The van der Waals surface area contributed by atoms with Crippen molar-refractivity contribution in [3.05, 3.63) is 11.7 Å². The second-order valence-electron chi connectivity index (χ2n) is 5.23. The molecule has 2 fully saturated rings. The molecule has 21 heavy (non-hydrogen) atoms. The van der Waals surface area contributed by atoms with Gasteiger partial charge < -0.3 is 14.2 Å². The molecule has 0 bridgehead atoms. The number of carbonyl (C=O) groups is 1. The minimum absolute atomic E-state index is 0.00460. The van der Waals surface area contributed by atoms with Crippen LogP contribution in [0.2, 0.25) is 0 Å². The van der Waals surface area contributed by atoms with Crippen molar-refractivity contribution in [1.29, 1.82) is 0 Å². The van der Waals surface area contributed by atoms with E-state index in [4.69, 9.17) is 4.74 Å². The molecular formula is C12H14F3N3O3. The van der Waals surface area contributed by atoms with Crippen LogP contribution in [0.4, 0.5) is 13.2 Å². The highest BCUT2D eigenvalue weighted by Gasteiger charge is 2.40. The van der Waals surface area contributed by atoms with Gasteiger partial charge in [-0.25, -0.2) is 0 Å². The third-order valence-corrected chi connectivity index (χ3v) is 3.75. The zero-order valence-electron chi connectivity index (χ0n) is 11.1. The molecule has 1 amide bonds. The van der Waals surface area contributed by atoms with E-state index < -0.39 is 18.2 Å². The highest BCUT2D eigenvalue weighted by Crippen LogP contribution is 2.31. The first-order chi connectivity index (χ1) is 9.95. The van der Waals surface area contributed by atoms with Crippen LogP contribution in [0.25, 0.3) is 0 Å². The first-order valence-electron chi connectivity index (χ1n) is 6.76. The van der Waals surface area contributed by atoms with Gasteiger partial charge in [0.1, 0.15) is 6.10 Å². The Hall–Kier alpha value is -1.64. The molecule has 0 radical (unpaired) electrons. The van der Waals surface area contributed by atoms with Crippen molar-refractivity contribution < 1.29 is 27.2 Å². The van der Waals surface area contributed by atoms with Crippen molar-refractivity contribution in [1.82, 2.24) is 15.0 Å². The highest BCUT2D eigenvalue weighted by atomic mass is 19.4. The largest absolute Gasteiger partial charge is 0.471 e. The molecule has 0 spiro atoms. The monoisotopic (exact) mass is 305 g/mol. The molecule has 2 aliphatic rings. The Labute approximate surface area is 118 Å². The summed E-state index contributed by atoms with van der Waals surface area (Å²) in [5.74, 6) is -1.77. The van der Waals surface area contributed by atoms with Crippen molar-refractivity contribution in [3.8, 4) is 0 Å². The van der Waals surface area contributed by atoms with Crippen LogP contribution in [-0.4, -0.2) is 46.7 Å². The third kappa shape index (κ3) is 2.87. The maximum atomic E-state index is 12.4. The number of hydrogen-bond donors (Lipinski definition) is 0. The topological polar surface area (TPSA) is 68.5 Å². The van der Waals surface area contributed by atoms with Gasteiger partial charge in [-0.1, -0.05) is 5.16 Å². The van der Waals surface area contributed by atoms with Crippen LogP contribution >= 0.6 is 0 Å². The van der Waals surface area contributed by atoms with Crippen LogP contribution in [0, 0.1) is 0 Å². The Bertz CT molecular complexity index is 525. The van der Waals surface area contributed by atoms with Gasteiger partial charge in [-0.05, 0) is 19.3 Å². The van der Waals surface area contributed by atoms with Crippen molar-refractivity contribution in [2.75, 3.05) is 19.7 Å². The lowest BCUT2D eigenvalue weighted by Crippen LogP contribution is -2.37. The minimum atomic E-state index is -4.64. The molecule has 1 aromatic heterocycles. The summed E-state index contributed by atoms with van der Waals surface area (Å²) >= 11 is 0. The molecule has 0 N–H and O–H groups in total. The molecule has 116 valence electrons. The predicted octanol–water partition coefficient (Wildman–Crippen LogP) is 1.58. The fraction of sp³-hybridized carbons (Fsp3) is 0.750. The third-order valence-electron chi connectivity index (χ3n) is 3.75. The average molecular weight is 305 g/mol. The lowest BCUT2D eigenvalue weighted by molar-refractivity contribution is -0.159. The number of aromatic nitrogens is 2. The molecule has 2 saturated heterocycles. The average Bonchev–Trinajstić information content (AvgIpc) is 3.17. The van der Waals surface area contributed by atoms with E-state index in [1.165, 1.54) is 0 Å². The molecule has 2 atom stereocenters. The normalized spacial score (nSPS) is 26.5. The van der Waals surface area contributed by atoms with E-state index in [0.717, 1.165) is 6.42 Å². The molecule has 3 heterocycles. The van der Waals surface area contributed by atoms with Crippen LogP contribution in [0.1, 0.15) is 36.9 Å². The molecule has 2 aliphatic heterocycles. The minimum Gasteiger partial charge on any atom is -0.368 e. The summed E-state index contributed by atoms with van der Waals surface area (Å²) in [5.41, 5.74) is 0. The maximum absolute atomic E-state index is 12.4. The van der Waals surface area contributed by atoms with Gasteiger partial charge in [-0.2, -0.15) is 18.2 Å². The Morgan fingerprint density at radius 3 is 2.76 bits per heavy atom. The Morgan fingerprint density at radius 1 is 1.33 bits per heavy atom. The first-order valence-corrected chi connectivity index (χ1v) is 6.76. The molecule has 9 heteroatoms. The molecule has 0 unspecified atom stereocenters. The van der Waals surface area contributed by atoms with Gasteiger partial charge >= 0.3 is 12.1 Å². The number of rotatable bonds is 2. The van der Waals surface area contributed by atoms with Crippen LogP contribution in [0.3, 0.4) is 0 Å². The van der Waals surface area contributed by atoms with Gasteiger partial charge in [-0.15, -0.1) is 0 Å². The molecule has 6 nitrogen and oxygen atoms in total. The lowest BCUT2D eigenvalue weighted by Gasteiger charge is -2.19. The Balaban J connectivity index is 1.64. The van der Waals surface area contributed by atoms with Gasteiger partial charge in [-0.3, -0.25) is 4.79 Å². The summed E-state index contributed by atoms with van der Waals surface area (Å²) in [6.45, 7) is 1.35. The Kier molecular flexibility index (Phi) is 3.60. The van der Waals surface area contributed by atoms with Crippen molar-refractivity contribution >= 4 is 5.91 Å². The summed E-state index contributed by atoms with van der Waals surface area (Å²) in [7, 11) is 0. The summed E-state index contributed by atoms with van der Waals surface area (Å²) in [6.07, 6.45) is -2.99. The lowest BCUT2D eigenvalue weighted by atomic mass is 10.1. The van der Waals surface area contributed by atoms with E-state index in [9.17, 15) is 18.0 Å². The van der Waals surface area contributed by atoms with Crippen molar-refractivity contribution in [3.63, 3.8) is 0 Å². The number of amides is 1. The van der Waals surface area contributed by atoms with E-state index in [2.05, 4.69) is 14.7 Å². The summed E-state index contributed by atoms with van der Waals surface area (Å²) < 4.78 is 46.8. The summed E-state index contributed by atoms with van der Waals surface area (Å²) in [6, 6.07) is 0. The van der Waals surface area contributed by atoms with Crippen LogP contribution in [-0.2, 0) is 15.7 Å². The van der Waals surface area contributed by atoms with E-state index in [-0.39, 0.29) is 17.6 Å². The second-order valence-corrected chi connectivity index (χ2v) is 5.23. The number of nitrogens with zero attached hydrogens (tertiary/aromatic N) is 3. The number of carbonyl (C=O) groups excluding carboxylic acids is 1. The van der Waals surface area contributed by atoms with Gasteiger partial charge in [0.05, 0.1) is 0 Å². The SMILES string of the molecule is O=C([C@@H]1CCCO1)N1CC[C@H](c2noc(C(F)(F)F)n2)C1. The second kappa shape index (κ2) is 5.28. The van der Waals surface area contributed by atoms with E-state index in [1.54, 1.807) is 4.90 Å². The van der Waals surface area contributed by atoms with Gasteiger partial charge in [0.15, 0.2) is 5.82 Å². The van der Waals surface area contributed by atoms with E-state index in [0.29, 0.717) is 32.5 Å². The van der Waals surface area contributed by atoms with Crippen LogP contribution in [0.15, 0.2) is 4.52 Å². The maximum Gasteiger partial charge on any atom is 0.471 e. The molecule has 0 saturated carbocycles. The van der Waals surface area contributed by atoms with Gasteiger partial charge in [0.2, 0.25) is 0 Å². The molecular weight excluding hydrogens is 291 g/mol. The Morgan fingerprint density at radius 2 is 2.14 bits per heavy atom. The predicted molar refractivity (Wildman–Crippen MR) is 62.2 cm³/mol. The van der Waals surface area contributed by atoms with Crippen molar-refractivity contribution in [2.45, 2.75) is 37.5 Å². The number of alkyl halides is 3. The van der Waals surface area contributed by atoms with Gasteiger partial charge in [0.25, 0.3) is 5.91 Å². The quantitative estimate of drug-likeness (QED) is 0.830. The van der Waals surface area contributed by atoms with E-state index >= 15 is 0 Å². The number of likely N-dealkylation sites (tertiary alicyclic amines) is 1. The van der Waals surface area contributed by atoms with Crippen LogP contribution in [0.5, 0.6) is 0 Å². The molecule has 0 aromatic carbocycles. The number of ether oxygens (including phenoxy) is 1. The van der Waals surface area contributed by atoms with Crippen LogP contribution < -0.4 is 0 Å². The molecule has 1 aromatic rings. The van der Waals surface area contributed by atoms with E-state index in [1.807, 2.05) is 0 Å². The van der Waals surface area contributed by atoms with Crippen molar-refractivity contribution in [2.24, 2.45) is 0 Å². The standard InChI is InChI=1S/C12H14F3N3O3/c13-12(14,15)11-16-9(17-21-11)7-3-4-18(6-7)10(19)8-2-1-5-20-8/h7-8H,1-6H2/t7-,8-/m0/s1. The first kappa shape index (κ1) is 14.3. The molecule has 3 rings (SSSR count). The zero-order chi connectivity index (χ0) is 15.0.